The minimum Gasteiger partial charge on any atom is -0.356 e. The largest absolute Gasteiger partial charge is 0.356 e. The van der Waals surface area contributed by atoms with Crippen LogP contribution in [0.5, 0.6) is 0 Å². The number of nitrogens with one attached hydrogen (secondary N) is 1. The summed E-state index contributed by atoms with van der Waals surface area (Å²) in [6.45, 7) is 4.14. The summed E-state index contributed by atoms with van der Waals surface area (Å²) >= 11 is 1.82. The van der Waals surface area contributed by atoms with Gasteiger partial charge in [-0.3, -0.25) is 4.99 Å². The summed E-state index contributed by atoms with van der Waals surface area (Å²) in [6, 6.07) is 4.28. The topological polar surface area (TPSA) is 27.6 Å². The molecule has 0 aliphatic heterocycles. The van der Waals surface area contributed by atoms with Crippen LogP contribution in [-0.4, -0.2) is 38.0 Å². The maximum atomic E-state index is 4.26. The molecule has 0 radical (unpaired) electrons. The van der Waals surface area contributed by atoms with Crippen molar-refractivity contribution in [2.45, 2.75) is 19.8 Å². The molecule has 0 bridgehead atoms. The van der Waals surface area contributed by atoms with Gasteiger partial charge < -0.3 is 10.2 Å². The first kappa shape index (κ1) is 16.7. The molecule has 0 unspecified atom stereocenters. The van der Waals surface area contributed by atoms with Gasteiger partial charge in [0.1, 0.15) is 0 Å². The van der Waals surface area contributed by atoms with Crippen molar-refractivity contribution in [2.24, 2.45) is 4.99 Å². The smallest absolute Gasteiger partial charge is 0.193 e. The van der Waals surface area contributed by atoms with E-state index in [0.717, 1.165) is 31.9 Å². The van der Waals surface area contributed by atoms with Gasteiger partial charge in [0.2, 0.25) is 0 Å². The fourth-order valence-electron chi connectivity index (χ4n) is 1.46. The first-order valence-corrected chi connectivity index (χ1v) is 6.60. The molecule has 1 heterocycles. The van der Waals surface area contributed by atoms with E-state index in [4.69, 9.17) is 0 Å². The summed E-state index contributed by atoms with van der Waals surface area (Å²) in [5, 5.41) is 5.45. The van der Waals surface area contributed by atoms with Crippen LogP contribution in [0.4, 0.5) is 0 Å². The SMILES string of the molecule is CCCNC(=NC)N(C)CCc1cccs1.I. The average molecular weight is 367 g/mol. The zero-order valence-corrected chi connectivity index (χ0v) is 13.9. The molecule has 1 aromatic rings. The molecule has 1 aromatic heterocycles. The lowest BCUT2D eigenvalue weighted by atomic mass is 10.3. The summed E-state index contributed by atoms with van der Waals surface area (Å²) in [5.74, 6) is 0.985. The van der Waals surface area contributed by atoms with Crippen molar-refractivity contribution in [3.8, 4) is 0 Å². The van der Waals surface area contributed by atoms with Crippen molar-refractivity contribution in [3.63, 3.8) is 0 Å². The van der Waals surface area contributed by atoms with Gasteiger partial charge in [0.25, 0.3) is 0 Å². The van der Waals surface area contributed by atoms with Gasteiger partial charge in [-0.05, 0) is 24.3 Å². The van der Waals surface area contributed by atoms with Crippen molar-refractivity contribution < 1.29 is 0 Å². The van der Waals surface area contributed by atoms with Crippen molar-refractivity contribution in [1.82, 2.24) is 10.2 Å². The molecule has 0 fully saturated rings. The third kappa shape index (κ3) is 6.26. The zero-order valence-electron chi connectivity index (χ0n) is 10.8. The molecule has 0 amide bonds. The van der Waals surface area contributed by atoms with Gasteiger partial charge in [-0.2, -0.15) is 0 Å². The first-order valence-electron chi connectivity index (χ1n) is 5.72. The number of hydrogen-bond acceptors (Lipinski definition) is 2. The number of nitrogens with zero attached hydrogens (tertiary/aromatic N) is 2. The molecule has 98 valence electrons. The number of likely N-dealkylation sites (N-methyl/N-ethyl adjacent to an activating group) is 1. The highest BCUT2D eigenvalue weighted by molar-refractivity contribution is 14.0. The van der Waals surface area contributed by atoms with Crippen molar-refractivity contribution >= 4 is 41.3 Å². The molecule has 3 nitrogen and oxygen atoms in total. The van der Waals surface area contributed by atoms with E-state index in [2.05, 4.69) is 46.7 Å². The van der Waals surface area contributed by atoms with Crippen LogP contribution in [0.2, 0.25) is 0 Å². The van der Waals surface area contributed by atoms with Gasteiger partial charge >= 0.3 is 0 Å². The van der Waals surface area contributed by atoms with E-state index in [1.54, 1.807) is 0 Å². The molecule has 17 heavy (non-hydrogen) atoms. The Labute approximate surface area is 125 Å². The van der Waals surface area contributed by atoms with Crippen LogP contribution < -0.4 is 5.32 Å². The molecule has 5 heteroatoms. The van der Waals surface area contributed by atoms with E-state index < -0.39 is 0 Å². The molecule has 0 aliphatic rings. The Kier molecular flexibility index (Phi) is 9.53. The number of halogens is 1. The van der Waals surface area contributed by atoms with Crippen LogP contribution in [0.1, 0.15) is 18.2 Å². The molecule has 0 saturated heterocycles. The Morgan fingerprint density at radius 3 is 2.82 bits per heavy atom. The molecule has 0 aliphatic carbocycles. The maximum absolute atomic E-state index is 4.26. The highest BCUT2D eigenvalue weighted by Crippen LogP contribution is 2.09. The Morgan fingerprint density at radius 1 is 1.53 bits per heavy atom. The highest BCUT2D eigenvalue weighted by atomic mass is 127. The van der Waals surface area contributed by atoms with Gasteiger partial charge in [-0.25, -0.2) is 0 Å². The van der Waals surface area contributed by atoms with Crippen LogP contribution in [0.15, 0.2) is 22.5 Å². The number of rotatable bonds is 5. The number of hydrogen-bond donors (Lipinski definition) is 1. The summed E-state index contributed by atoms with van der Waals surface area (Å²) < 4.78 is 0. The minimum atomic E-state index is 0. The Bertz CT molecular complexity index is 312. The van der Waals surface area contributed by atoms with Crippen LogP contribution in [0.25, 0.3) is 0 Å². The molecular weight excluding hydrogens is 345 g/mol. The lowest BCUT2D eigenvalue weighted by Gasteiger charge is -2.21. The second-order valence-electron chi connectivity index (χ2n) is 3.72. The van der Waals surface area contributed by atoms with Crippen LogP contribution >= 0.6 is 35.3 Å². The van der Waals surface area contributed by atoms with Crippen LogP contribution in [-0.2, 0) is 6.42 Å². The highest BCUT2D eigenvalue weighted by Gasteiger charge is 2.04. The van der Waals surface area contributed by atoms with Gasteiger partial charge in [-0.15, -0.1) is 35.3 Å². The van der Waals surface area contributed by atoms with E-state index in [9.17, 15) is 0 Å². The molecule has 0 spiro atoms. The summed E-state index contributed by atoms with van der Waals surface area (Å²) in [7, 11) is 3.91. The molecule has 0 saturated carbocycles. The Balaban J connectivity index is 0.00000256. The standard InChI is InChI=1S/C12H21N3S.HI/c1-4-8-14-12(13-2)15(3)9-7-11-6-5-10-16-11;/h5-6,10H,4,7-9H2,1-3H3,(H,13,14);1H. The zero-order chi connectivity index (χ0) is 11.8. The molecule has 0 aromatic carbocycles. The quantitative estimate of drug-likeness (QED) is 0.492. The fourth-order valence-corrected chi connectivity index (χ4v) is 2.16. The maximum Gasteiger partial charge on any atom is 0.193 e. The number of thiophene rings is 1. The number of guanidine groups is 1. The predicted octanol–water partition coefficient (Wildman–Crippen LogP) is 2.83. The summed E-state index contributed by atoms with van der Waals surface area (Å²) in [5.41, 5.74) is 0. The van der Waals surface area contributed by atoms with Crippen LogP contribution in [0, 0.1) is 0 Å². The van der Waals surface area contributed by atoms with E-state index >= 15 is 0 Å². The summed E-state index contributed by atoms with van der Waals surface area (Å²) in [6.07, 6.45) is 2.21. The van der Waals surface area contributed by atoms with Crippen LogP contribution in [0.3, 0.4) is 0 Å². The number of aliphatic imine (C=N–C) groups is 1. The second kappa shape index (κ2) is 9.70. The third-order valence-electron chi connectivity index (χ3n) is 2.38. The van der Waals surface area contributed by atoms with Gasteiger partial charge in [0.15, 0.2) is 5.96 Å². The summed E-state index contributed by atoms with van der Waals surface area (Å²) in [4.78, 5) is 7.86. The van der Waals surface area contributed by atoms with Gasteiger partial charge in [0.05, 0.1) is 0 Å². The van der Waals surface area contributed by atoms with Gasteiger partial charge in [0, 0.05) is 32.1 Å². The van der Waals surface area contributed by atoms with Crippen molar-refractivity contribution in [1.29, 1.82) is 0 Å². The first-order chi connectivity index (χ1) is 7.77. The molecule has 1 rings (SSSR count). The lowest BCUT2D eigenvalue weighted by molar-refractivity contribution is 0.486. The minimum absolute atomic E-state index is 0. The Hall–Kier alpha value is -0.300. The fraction of sp³-hybridized carbons (Fsp3) is 0.583. The monoisotopic (exact) mass is 367 g/mol. The van der Waals surface area contributed by atoms with E-state index in [0.29, 0.717) is 0 Å². The lowest BCUT2D eigenvalue weighted by Crippen LogP contribution is -2.40. The average Bonchev–Trinajstić information content (AvgIpc) is 2.80. The van der Waals surface area contributed by atoms with E-state index in [-0.39, 0.29) is 24.0 Å². The van der Waals surface area contributed by atoms with E-state index in [1.165, 1.54) is 4.88 Å². The van der Waals surface area contributed by atoms with Crippen molar-refractivity contribution in [2.75, 3.05) is 27.2 Å². The predicted molar refractivity (Wildman–Crippen MR) is 87.7 cm³/mol. The van der Waals surface area contributed by atoms with E-state index in [1.807, 2.05) is 18.4 Å². The molecule has 1 N–H and O–H groups in total. The Morgan fingerprint density at radius 2 is 2.29 bits per heavy atom. The molecule has 0 atom stereocenters. The molecular formula is C12H22IN3S. The third-order valence-corrected chi connectivity index (χ3v) is 3.32. The van der Waals surface area contributed by atoms with Crippen molar-refractivity contribution in [3.05, 3.63) is 22.4 Å². The second-order valence-corrected chi connectivity index (χ2v) is 4.76. The normalized spacial score (nSPS) is 10.9. The van der Waals surface area contributed by atoms with Gasteiger partial charge in [-0.1, -0.05) is 13.0 Å².